The Morgan fingerprint density at radius 1 is 0.889 bits per heavy atom. The van der Waals surface area contributed by atoms with Crippen LogP contribution in [0.1, 0.15) is 87.0 Å². The summed E-state index contributed by atoms with van der Waals surface area (Å²) in [5.41, 5.74) is 10.2. The Hall–Kier alpha value is -2.24. The van der Waals surface area contributed by atoms with Crippen LogP contribution in [0.3, 0.4) is 0 Å². The van der Waals surface area contributed by atoms with Crippen molar-refractivity contribution in [2.45, 2.75) is 117 Å². The monoisotopic (exact) mass is 514 g/mol. The molecule has 0 fully saturated rings. The van der Waals surface area contributed by atoms with Crippen molar-refractivity contribution < 1.29 is 24.3 Å². The van der Waals surface area contributed by atoms with Gasteiger partial charge in [-0.2, -0.15) is 0 Å². The average Bonchev–Trinajstić information content (AvgIpc) is 2.74. The molecular weight excluding hydrogens is 464 g/mol. The van der Waals surface area contributed by atoms with Gasteiger partial charge in [-0.15, -0.1) is 0 Å². The van der Waals surface area contributed by atoms with Crippen molar-refractivity contribution in [1.82, 2.24) is 21.3 Å². The van der Waals surface area contributed by atoms with E-state index in [1.165, 1.54) is 6.92 Å². The fraction of sp³-hybridized carbons (Fsp3) is 0.840. The van der Waals surface area contributed by atoms with E-state index in [1.54, 1.807) is 6.92 Å². The van der Waals surface area contributed by atoms with Gasteiger partial charge in [0.05, 0.1) is 6.10 Å². The van der Waals surface area contributed by atoms with Crippen molar-refractivity contribution in [2.75, 3.05) is 6.54 Å². The predicted octanol–water partition coefficient (Wildman–Crippen LogP) is 0.244. The van der Waals surface area contributed by atoms with E-state index in [-0.39, 0.29) is 30.7 Å². The van der Waals surface area contributed by atoms with E-state index in [1.807, 2.05) is 34.6 Å². The summed E-state index contributed by atoms with van der Waals surface area (Å²) in [6, 6.07) is -2.44. The summed E-state index contributed by atoms with van der Waals surface area (Å²) in [5, 5.41) is 20.9. The maximum absolute atomic E-state index is 13.2. The molecule has 0 aliphatic heterocycles. The van der Waals surface area contributed by atoms with Gasteiger partial charge in [-0.3, -0.25) is 19.2 Å². The van der Waals surface area contributed by atoms with E-state index in [9.17, 15) is 24.3 Å². The van der Waals surface area contributed by atoms with Gasteiger partial charge in [0.2, 0.25) is 17.7 Å². The van der Waals surface area contributed by atoms with Crippen LogP contribution in [-0.4, -0.2) is 65.2 Å². The molecule has 210 valence electrons. The second kappa shape index (κ2) is 16.5. The van der Waals surface area contributed by atoms with Gasteiger partial charge in [-0.25, -0.2) is 0 Å². The normalized spacial score (nSPS) is 16.4. The summed E-state index contributed by atoms with van der Waals surface area (Å²) in [6.07, 6.45) is 1.38. The molecule has 5 atom stereocenters. The Bertz CT molecular complexity index is 715. The third kappa shape index (κ3) is 12.6. The molecule has 0 spiro atoms. The zero-order valence-corrected chi connectivity index (χ0v) is 23.1. The zero-order chi connectivity index (χ0) is 28.1. The largest absolute Gasteiger partial charge is 0.391 e. The Morgan fingerprint density at radius 2 is 1.50 bits per heavy atom. The minimum absolute atomic E-state index is 0.0303. The average molecular weight is 515 g/mol. The van der Waals surface area contributed by atoms with E-state index in [2.05, 4.69) is 21.3 Å². The molecule has 5 unspecified atom stereocenters. The lowest BCUT2D eigenvalue weighted by Gasteiger charge is -2.34. The lowest BCUT2D eigenvalue weighted by Crippen LogP contribution is -2.69. The lowest BCUT2D eigenvalue weighted by atomic mass is 9.95. The van der Waals surface area contributed by atoms with E-state index in [0.29, 0.717) is 31.7 Å². The van der Waals surface area contributed by atoms with Gasteiger partial charge < -0.3 is 37.8 Å². The molecule has 0 radical (unpaired) electrons. The number of amides is 4. The van der Waals surface area contributed by atoms with Crippen LogP contribution >= 0.6 is 0 Å². The number of aliphatic hydroxyl groups is 1. The molecule has 0 aromatic rings. The van der Waals surface area contributed by atoms with Gasteiger partial charge >= 0.3 is 0 Å². The molecule has 9 N–H and O–H groups in total. The number of carbonyl (C=O) groups excluding carboxylic acids is 4. The molecular formula is C25H50N6O5. The predicted molar refractivity (Wildman–Crippen MR) is 140 cm³/mol. The minimum Gasteiger partial charge on any atom is -0.391 e. The Morgan fingerprint density at radius 3 is 1.97 bits per heavy atom. The van der Waals surface area contributed by atoms with Gasteiger partial charge in [0, 0.05) is 12.5 Å². The van der Waals surface area contributed by atoms with E-state index < -0.39 is 41.6 Å². The third-order valence-electron chi connectivity index (χ3n) is 5.67. The minimum atomic E-state index is -1.74. The SMILES string of the molecule is CCC(=O)NC(CCCCN)C(=O)NC(C(=O)NC(N)(CC(C)C)C(=O)NC(C)CC(C)C)C(C)O. The van der Waals surface area contributed by atoms with E-state index >= 15 is 0 Å². The van der Waals surface area contributed by atoms with Crippen LogP contribution in [0.4, 0.5) is 0 Å². The number of unbranched alkanes of at least 4 members (excludes halogenated alkanes) is 1. The first kappa shape index (κ1) is 33.8. The summed E-state index contributed by atoms with van der Waals surface area (Å²) in [5.74, 6) is -1.94. The number of aliphatic hydroxyl groups excluding tert-OH is 1. The molecule has 0 aromatic heterocycles. The van der Waals surface area contributed by atoms with Gasteiger partial charge in [0.15, 0.2) is 5.66 Å². The van der Waals surface area contributed by atoms with Crippen molar-refractivity contribution in [2.24, 2.45) is 23.3 Å². The van der Waals surface area contributed by atoms with Gasteiger partial charge in [-0.1, -0.05) is 34.6 Å². The maximum atomic E-state index is 13.2. The first-order chi connectivity index (χ1) is 16.7. The second-order valence-electron chi connectivity index (χ2n) is 10.5. The van der Waals surface area contributed by atoms with Crippen LogP contribution in [0.15, 0.2) is 0 Å². The molecule has 11 heteroatoms. The summed E-state index contributed by atoms with van der Waals surface area (Å²) in [6.45, 7) is 13.1. The van der Waals surface area contributed by atoms with Crippen LogP contribution < -0.4 is 32.7 Å². The fourth-order valence-corrected chi connectivity index (χ4v) is 3.98. The third-order valence-corrected chi connectivity index (χ3v) is 5.67. The highest BCUT2D eigenvalue weighted by molar-refractivity contribution is 5.96. The van der Waals surface area contributed by atoms with Crippen LogP contribution in [0.2, 0.25) is 0 Å². The Labute approximate surface area is 216 Å². The molecule has 0 bridgehead atoms. The molecule has 0 heterocycles. The van der Waals surface area contributed by atoms with E-state index in [0.717, 1.165) is 6.42 Å². The standard InChI is InChI=1S/C25H50N6O5/c1-8-20(33)29-19(11-9-10-12-26)22(34)30-21(18(7)32)23(35)31-25(27,14-16(4)5)24(36)28-17(6)13-15(2)3/h15-19,21,32H,8-14,26-27H2,1-7H3,(H,28,36)(H,29,33)(H,30,34)(H,31,35). The lowest BCUT2D eigenvalue weighted by molar-refractivity contribution is -0.139. The van der Waals surface area contributed by atoms with Crippen LogP contribution in [0.5, 0.6) is 0 Å². The number of rotatable bonds is 17. The Balaban J connectivity index is 5.67. The van der Waals surface area contributed by atoms with Crippen LogP contribution in [0, 0.1) is 11.8 Å². The number of nitrogens with two attached hydrogens (primary N) is 2. The molecule has 0 aromatic carbocycles. The van der Waals surface area contributed by atoms with Gasteiger partial charge in [0.1, 0.15) is 12.1 Å². The van der Waals surface area contributed by atoms with Crippen LogP contribution in [-0.2, 0) is 19.2 Å². The molecule has 0 rings (SSSR count). The summed E-state index contributed by atoms with van der Waals surface area (Å²) >= 11 is 0. The summed E-state index contributed by atoms with van der Waals surface area (Å²) < 4.78 is 0. The molecule has 11 nitrogen and oxygen atoms in total. The molecule has 0 aliphatic rings. The number of hydrogen-bond acceptors (Lipinski definition) is 7. The van der Waals surface area contributed by atoms with E-state index in [4.69, 9.17) is 11.5 Å². The smallest absolute Gasteiger partial charge is 0.260 e. The highest BCUT2D eigenvalue weighted by atomic mass is 16.3. The quantitative estimate of drug-likeness (QED) is 0.107. The fourth-order valence-electron chi connectivity index (χ4n) is 3.98. The molecule has 0 saturated carbocycles. The second-order valence-corrected chi connectivity index (χ2v) is 10.5. The number of nitrogens with one attached hydrogen (secondary N) is 4. The van der Waals surface area contributed by atoms with Gasteiger partial charge in [-0.05, 0) is 64.3 Å². The zero-order valence-electron chi connectivity index (χ0n) is 23.1. The molecule has 4 amide bonds. The van der Waals surface area contributed by atoms with Gasteiger partial charge in [0.25, 0.3) is 5.91 Å². The first-order valence-electron chi connectivity index (χ1n) is 13.1. The number of hydrogen-bond donors (Lipinski definition) is 7. The molecule has 0 saturated heterocycles. The highest BCUT2D eigenvalue weighted by Crippen LogP contribution is 2.15. The van der Waals surface area contributed by atoms with Crippen molar-refractivity contribution >= 4 is 23.6 Å². The van der Waals surface area contributed by atoms with Crippen molar-refractivity contribution in [3.63, 3.8) is 0 Å². The van der Waals surface area contributed by atoms with Crippen molar-refractivity contribution in [3.05, 3.63) is 0 Å². The molecule has 36 heavy (non-hydrogen) atoms. The Kier molecular flexibility index (Phi) is 15.5. The number of carbonyl (C=O) groups is 4. The summed E-state index contributed by atoms with van der Waals surface area (Å²) in [7, 11) is 0. The maximum Gasteiger partial charge on any atom is 0.260 e. The molecule has 0 aliphatic carbocycles. The topological polar surface area (TPSA) is 189 Å². The van der Waals surface area contributed by atoms with Crippen molar-refractivity contribution in [3.8, 4) is 0 Å². The highest BCUT2D eigenvalue weighted by Gasteiger charge is 2.40. The first-order valence-corrected chi connectivity index (χ1v) is 13.1. The van der Waals surface area contributed by atoms with Crippen molar-refractivity contribution in [1.29, 1.82) is 0 Å². The summed E-state index contributed by atoms with van der Waals surface area (Å²) in [4.78, 5) is 51.2. The van der Waals surface area contributed by atoms with Crippen LogP contribution in [0.25, 0.3) is 0 Å².